The third-order valence-electron chi connectivity index (χ3n) is 6.35. The molecule has 2 aromatic carbocycles. The van der Waals surface area contributed by atoms with Crippen LogP contribution in [0.15, 0.2) is 66.5 Å². The number of para-hydroxylation sites is 2. The number of hydrogen-bond acceptors (Lipinski definition) is 4. The van der Waals surface area contributed by atoms with E-state index in [2.05, 4.69) is 4.98 Å². The Morgan fingerprint density at radius 3 is 2.61 bits per heavy atom. The van der Waals surface area contributed by atoms with Gasteiger partial charge >= 0.3 is 0 Å². The van der Waals surface area contributed by atoms with Gasteiger partial charge in [-0.3, -0.25) is 9.59 Å². The third-order valence-corrected chi connectivity index (χ3v) is 6.35. The van der Waals surface area contributed by atoms with Crippen LogP contribution in [0.25, 0.3) is 27.6 Å². The van der Waals surface area contributed by atoms with Crippen LogP contribution in [0, 0.1) is 0 Å². The fraction of sp³-hybridized carbons (Fsp3) is 0.231. The van der Waals surface area contributed by atoms with Crippen LogP contribution in [0.5, 0.6) is 0 Å². The first kappa shape index (κ1) is 21.0. The van der Waals surface area contributed by atoms with Gasteiger partial charge in [0.2, 0.25) is 0 Å². The van der Waals surface area contributed by atoms with Gasteiger partial charge in [0, 0.05) is 72.6 Å². The molecule has 5 rings (SSSR count). The largest absolute Gasteiger partial charge is 0.507 e. The average molecular weight is 444 g/mol. The van der Waals surface area contributed by atoms with E-state index in [0.29, 0.717) is 25.1 Å². The lowest BCUT2D eigenvalue weighted by molar-refractivity contribution is -0.140. The number of nitrogens with zero attached hydrogens (tertiary/aromatic N) is 2. The molecule has 1 atom stereocenters. The summed E-state index contributed by atoms with van der Waals surface area (Å²) in [5.74, 6) is -1.45. The molecular weight excluding hydrogens is 418 g/mol. The first-order valence-corrected chi connectivity index (χ1v) is 10.9. The molecule has 7 heteroatoms. The van der Waals surface area contributed by atoms with Gasteiger partial charge < -0.3 is 24.3 Å². The van der Waals surface area contributed by atoms with Crippen LogP contribution in [0.4, 0.5) is 0 Å². The van der Waals surface area contributed by atoms with Crippen LogP contribution >= 0.6 is 0 Å². The highest BCUT2D eigenvalue weighted by atomic mass is 16.5. The zero-order chi connectivity index (χ0) is 23.1. The highest BCUT2D eigenvalue weighted by Gasteiger charge is 2.46. The molecule has 0 radical (unpaired) electrons. The summed E-state index contributed by atoms with van der Waals surface area (Å²) < 4.78 is 7.15. The Morgan fingerprint density at radius 1 is 1.09 bits per heavy atom. The van der Waals surface area contributed by atoms with E-state index < -0.39 is 17.7 Å². The predicted octanol–water partition coefficient (Wildman–Crippen LogP) is 4.12. The van der Waals surface area contributed by atoms with E-state index in [1.165, 1.54) is 0 Å². The number of aromatic amines is 1. The maximum absolute atomic E-state index is 13.3. The summed E-state index contributed by atoms with van der Waals surface area (Å²) in [7, 11) is 3.54. The van der Waals surface area contributed by atoms with Crippen LogP contribution in [-0.4, -0.2) is 51.5 Å². The van der Waals surface area contributed by atoms with Gasteiger partial charge in [-0.15, -0.1) is 0 Å². The lowest BCUT2D eigenvalue weighted by Gasteiger charge is -2.24. The summed E-state index contributed by atoms with van der Waals surface area (Å²) in [6, 6.07) is 14.7. The summed E-state index contributed by atoms with van der Waals surface area (Å²) in [4.78, 5) is 31.1. The second kappa shape index (κ2) is 8.26. The van der Waals surface area contributed by atoms with Crippen LogP contribution in [0.3, 0.4) is 0 Å². The van der Waals surface area contributed by atoms with Crippen molar-refractivity contribution in [2.24, 2.45) is 7.05 Å². The Labute approximate surface area is 190 Å². The number of methoxy groups -OCH3 is 1. The van der Waals surface area contributed by atoms with Gasteiger partial charge in [0.15, 0.2) is 0 Å². The summed E-state index contributed by atoms with van der Waals surface area (Å²) >= 11 is 0. The number of benzene rings is 2. The van der Waals surface area contributed by atoms with E-state index in [9.17, 15) is 14.7 Å². The highest BCUT2D eigenvalue weighted by molar-refractivity contribution is 6.46. The van der Waals surface area contributed by atoms with Gasteiger partial charge in [-0.1, -0.05) is 36.4 Å². The van der Waals surface area contributed by atoms with Gasteiger partial charge in [-0.2, -0.15) is 0 Å². The first-order chi connectivity index (χ1) is 16.0. The minimum absolute atomic E-state index is 0.110. The number of fused-ring (bicyclic) bond motifs is 2. The molecular formula is C26H25N3O4. The molecule has 0 saturated carbocycles. The van der Waals surface area contributed by atoms with Crippen molar-refractivity contribution in [1.82, 2.24) is 14.5 Å². The molecule has 1 saturated heterocycles. The van der Waals surface area contributed by atoms with Crippen molar-refractivity contribution in [3.05, 3.63) is 77.6 Å². The number of nitrogens with one attached hydrogen (secondary N) is 1. The number of amides is 1. The molecule has 2 N–H and O–H groups in total. The Bertz CT molecular complexity index is 1410. The molecule has 0 bridgehead atoms. The van der Waals surface area contributed by atoms with E-state index in [1.807, 2.05) is 66.3 Å². The molecule has 0 aliphatic carbocycles. The Kier molecular flexibility index (Phi) is 5.26. The number of carbonyl (C=O) groups excluding carboxylic acids is 2. The number of aryl methyl sites for hydroxylation is 1. The van der Waals surface area contributed by atoms with E-state index in [-0.39, 0.29) is 11.3 Å². The Balaban J connectivity index is 1.73. The number of hydrogen-bond donors (Lipinski definition) is 2. The van der Waals surface area contributed by atoms with E-state index in [0.717, 1.165) is 27.4 Å². The number of aliphatic hydroxyl groups is 1. The SMILES string of the molecule is COCCCN1C(=O)C(=O)/C(=C(/O)c2c[nH]c3ccccc23)C1c1cn(C)c2ccccc12. The lowest BCUT2D eigenvalue weighted by atomic mass is 9.94. The molecule has 1 aliphatic heterocycles. The number of H-pyrrole nitrogens is 1. The van der Waals surface area contributed by atoms with E-state index in [1.54, 1.807) is 18.2 Å². The minimum Gasteiger partial charge on any atom is -0.507 e. The molecule has 0 spiro atoms. The zero-order valence-electron chi connectivity index (χ0n) is 18.5. The highest BCUT2D eigenvalue weighted by Crippen LogP contribution is 2.43. The topological polar surface area (TPSA) is 87.6 Å². The molecule has 4 aromatic rings. The number of ketones is 1. The maximum atomic E-state index is 13.3. The number of ether oxygens (including phenoxy) is 1. The Hall–Kier alpha value is -3.84. The summed E-state index contributed by atoms with van der Waals surface area (Å²) in [6.07, 6.45) is 4.20. The maximum Gasteiger partial charge on any atom is 0.295 e. The standard InChI is InChI=1S/C26H25N3O4/c1-28-15-19(17-9-4-6-11-21(17)28)23-22(25(31)26(32)29(23)12-7-13-33-2)24(30)18-14-27-20-10-5-3-8-16(18)20/h3-6,8-11,14-15,23,27,30H,7,12-13H2,1-2H3/b24-22+. The smallest absolute Gasteiger partial charge is 0.295 e. The second-order valence-corrected chi connectivity index (χ2v) is 8.30. The second-order valence-electron chi connectivity index (χ2n) is 8.30. The molecule has 168 valence electrons. The molecule has 3 heterocycles. The van der Waals surface area contributed by atoms with Crippen LogP contribution in [0.2, 0.25) is 0 Å². The molecule has 33 heavy (non-hydrogen) atoms. The van der Waals surface area contributed by atoms with E-state index in [4.69, 9.17) is 4.74 Å². The first-order valence-electron chi connectivity index (χ1n) is 10.9. The molecule has 1 fully saturated rings. The molecule has 1 unspecified atom stereocenters. The number of rotatable bonds is 6. The fourth-order valence-corrected chi connectivity index (χ4v) is 4.82. The zero-order valence-corrected chi connectivity index (χ0v) is 18.5. The van der Waals surface area contributed by atoms with Gasteiger partial charge in [0.1, 0.15) is 5.76 Å². The van der Waals surface area contributed by atoms with Crippen molar-refractivity contribution in [1.29, 1.82) is 0 Å². The van der Waals surface area contributed by atoms with Crippen LogP contribution < -0.4 is 0 Å². The number of carbonyl (C=O) groups is 2. The quantitative estimate of drug-likeness (QED) is 0.203. The van der Waals surface area contributed by atoms with Gasteiger partial charge in [-0.25, -0.2) is 0 Å². The number of aliphatic hydroxyl groups excluding tert-OH is 1. The summed E-state index contributed by atoms with van der Waals surface area (Å²) in [6.45, 7) is 0.810. The number of likely N-dealkylation sites (tertiary alicyclic amines) is 1. The van der Waals surface area contributed by atoms with Crippen molar-refractivity contribution >= 4 is 39.3 Å². The average Bonchev–Trinajstić information content (AvgIpc) is 3.48. The molecule has 1 aliphatic rings. The van der Waals surface area contributed by atoms with Crippen molar-refractivity contribution in [2.45, 2.75) is 12.5 Å². The van der Waals surface area contributed by atoms with Crippen molar-refractivity contribution < 1.29 is 19.4 Å². The predicted molar refractivity (Wildman–Crippen MR) is 127 cm³/mol. The summed E-state index contributed by atoms with van der Waals surface area (Å²) in [5, 5.41) is 13.2. The lowest BCUT2D eigenvalue weighted by Crippen LogP contribution is -2.31. The van der Waals surface area contributed by atoms with E-state index >= 15 is 0 Å². The molecule has 7 nitrogen and oxygen atoms in total. The molecule has 1 amide bonds. The van der Waals surface area contributed by atoms with Crippen molar-refractivity contribution in [2.75, 3.05) is 20.3 Å². The van der Waals surface area contributed by atoms with Crippen molar-refractivity contribution in [3.63, 3.8) is 0 Å². The molecule has 2 aromatic heterocycles. The number of Topliss-reactive ketones (excluding diaryl/α,β-unsaturated/α-hetero) is 1. The minimum atomic E-state index is -0.693. The van der Waals surface area contributed by atoms with Crippen LogP contribution in [0.1, 0.15) is 23.6 Å². The monoisotopic (exact) mass is 443 g/mol. The van der Waals surface area contributed by atoms with Gasteiger partial charge in [0.05, 0.1) is 11.6 Å². The van der Waals surface area contributed by atoms with Crippen molar-refractivity contribution in [3.8, 4) is 0 Å². The third kappa shape index (κ3) is 3.32. The Morgan fingerprint density at radius 2 is 1.82 bits per heavy atom. The fourth-order valence-electron chi connectivity index (χ4n) is 4.82. The van der Waals surface area contributed by atoms with Crippen LogP contribution in [-0.2, 0) is 21.4 Å². The van der Waals surface area contributed by atoms with Gasteiger partial charge in [0.25, 0.3) is 11.7 Å². The summed E-state index contributed by atoms with van der Waals surface area (Å²) in [5.41, 5.74) is 3.26. The van der Waals surface area contributed by atoms with Gasteiger partial charge in [-0.05, 0) is 18.6 Å². The number of aromatic nitrogens is 2. The normalized spacial score (nSPS) is 18.1.